The molecule has 6 unspecified atom stereocenters. The Bertz CT molecular complexity index is 1280. The zero-order valence-electron chi connectivity index (χ0n) is 28.8. The van der Waals surface area contributed by atoms with E-state index in [2.05, 4.69) is 10.6 Å². The Morgan fingerprint density at radius 2 is 1.90 bits per heavy atom. The number of rotatable bonds is 14. The standard InChI is InChI=1S/C37H56N2O9/c1-24(41)6-5-8-29(47-25(2)42)21-32(48-35(45)37-14-4-3-7-28(37)10-12-33(44)39-37)36(15-17-38-18-16-36)22-27-9-11-31(43)34-30(27)20-26(13-19-40)23-46-34/h9,11,24,26,28-29,32,38,40-41,43H,3-8,10,12-23H2,1-2H3,(H,39,44). The Balaban J connectivity index is 1.53. The lowest BCUT2D eigenvalue weighted by molar-refractivity contribution is -0.178. The van der Waals surface area contributed by atoms with Crippen molar-refractivity contribution in [1.29, 1.82) is 0 Å². The average Bonchev–Trinajstić information content (AvgIpc) is 3.05. The number of carbonyl (C=O) groups is 3. The van der Waals surface area contributed by atoms with Crippen molar-refractivity contribution >= 4 is 17.8 Å². The molecule has 1 amide bonds. The molecule has 268 valence electrons. The van der Waals surface area contributed by atoms with Crippen LogP contribution in [0.15, 0.2) is 12.1 Å². The van der Waals surface area contributed by atoms with Crippen LogP contribution in [0, 0.1) is 17.3 Å². The van der Waals surface area contributed by atoms with Crippen LogP contribution in [0.3, 0.4) is 0 Å². The number of hydrogen-bond acceptors (Lipinski definition) is 10. The summed E-state index contributed by atoms with van der Waals surface area (Å²) in [5.74, 6) is -0.242. The molecule has 6 atom stereocenters. The molecule has 1 aromatic carbocycles. The van der Waals surface area contributed by atoms with E-state index in [1.807, 2.05) is 6.07 Å². The van der Waals surface area contributed by atoms with Gasteiger partial charge in [0.25, 0.3) is 0 Å². The molecular weight excluding hydrogens is 616 g/mol. The van der Waals surface area contributed by atoms with E-state index < -0.39 is 41.2 Å². The molecule has 3 heterocycles. The SMILES string of the molecule is CC(=O)OC(CCCC(C)O)CC(OC(=O)C12CCCCC1CCC(=O)N2)C1(Cc2ccc(O)c3c2CC(CCO)CO3)CCNCC1. The number of piperidine rings is 2. The van der Waals surface area contributed by atoms with Gasteiger partial charge in [0.05, 0.1) is 12.7 Å². The maximum Gasteiger partial charge on any atom is 0.332 e. The Kier molecular flexibility index (Phi) is 12.3. The first-order valence-electron chi connectivity index (χ1n) is 18.2. The van der Waals surface area contributed by atoms with Gasteiger partial charge in [-0.2, -0.15) is 0 Å². The Hall–Kier alpha value is -2.89. The molecule has 5 rings (SSSR count). The molecule has 1 aromatic rings. The number of phenolic OH excluding ortho intramolecular Hbond substituents is 1. The molecule has 48 heavy (non-hydrogen) atoms. The smallest absolute Gasteiger partial charge is 0.332 e. The van der Waals surface area contributed by atoms with Crippen molar-refractivity contribution < 1.29 is 43.9 Å². The van der Waals surface area contributed by atoms with Crippen LogP contribution in [-0.2, 0) is 36.7 Å². The third kappa shape index (κ3) is 8.45. The maximum atomic E-state index is 14.6. The summed E-state index contributed by atoms with van der Waals surface area (Å²) in [5, 5.41) is 36.9. The second-order valence-electron chi connectivity index (χ2n) is 14.9. The zero-order valence-corrected chi connectivity index (χ0v) is 28.8. The van der Waals surface area contributed by atoms with Gasteiger partial charge in [-0.15, -0.1) is 0 Å². The first-order chi connectivity index (χ1) is 23.0. The number of nitrogens with one attached hydrogen (secondary N) is 2. The molecule has 0 spiro atoms. The molecule has 11 heteroatoms. The number of fused-ring (bicyclic) bond motifs is 2. The van der Waals surface area contributed by atoms with Crippen LogP contribution in [0.25, 0.3) is 0 Å². The molecule has 5 N–H and O–H groups in total. The summed E-state index contributed by atoms with van der Waals surface area (Å²) >= 11 is 0. The van der Waals surface area contributed by atoms with Crippen molar-refractivity contribution in [3.63, 3.8) is 0 Å². The van der Waals surface area contributed by atoms with Gasteiger partial charge in [-0.1, -0.05) is 18.9 Å². The molecule has 3 fully saturated rings. The van der Waals surface area contributed by atoms with Gasteiger partial charge in [0.2, 0.25) is 5.91 Å². The van der Waals surface area contributed by atoms with Crippen molar-refractivity contribution in [3.05, 3.63) is 23.3 Å². The fourth-order valence-electron chi connectivity index (χ4n) is 8.77. The fourth-order valence-corrected chi connectivity index (χ4v) is 8.77. The monoisotopic (exact) mass is 672 g/mol. The number of carbonyl (C=O) groups excluding carboxylic acids is 3. The quantitative estimate of drug-likeness (QED) is 0.183. The van der Waals surface area contributed by atoms with Crippen LogP contribution in [0.5, 0.6) is 11.5 Å². The predicted octanol–water partition coefficient (Wildman–Crippen LogP) is 3.86. The molecular formula is C37H56N2O9. The average molecular weight is 673 g/mol. The number of phenols is 1. The van der Waals surface area contributed by atoms with Crippen LogP contribution in [0.1, 0.15) is 108 Å². The summed E-state index contributed by atoms with van der Waals surface area (Å²) in [4.78, 5) is 39.7. The Morgan fingerprint density at radius 3 is 2.62 bits per heavy atom. The lowest BCUT2D eigenvalue weighted by atomic mass is 9.66. The normalized spacial score (nSPS) is 26.9. The molecule has 2 saturated heterocycles. The summed E-state index contributed by atoms with van der Waals surface area (Å²) in [5.41, 5.74) is 0.317. The number of ether oxygens (including phenoxy) is 3. The predicted molar refractivity (Wildman–Crippen MR) is 178 cm³/mol. The number of aromatic hydroxyl groups is 1. The van der Waals surface area contributed by atoms with E-state index in [1.54, 1.807) is 13.0 Å². The van der Waals surface area contributed by atoms with E-state index in [1.165, 1.54) is 6.92 Å². The Morgan fingerprint density at radius 1 is 1.10 bits per heavy atom. The van der Waals surface area contributed by atoms with Gasteiger partial charge in [0.15, 0.2) is 11.5 Å². The van der Waals surface area contributed by atoms with Gasteiger partial charge in [-0.3, -0.25) is 9.59 Å². The first kappa shape index (κ1) is 36.4. The second-order valence-corrected chi connectivity index (χ2v) is 14.9. The summed E-state index contributed by atoms with van der Waals surface area (Å²) in [7, 11) is 0. The van der Waals surface area contributed by atoms with Crippen molar-refractivity contribution in [3.8, 4) is 11.5 Å². The van der Waals surface area contributed by atoms with Crippen LogP contribution in [0.2, 0.25) is 0 Å². The molecule has 0 aromatic heterocycles. The molecule has 4 aliphatic rings. The van der Waals surface area contributed by atoms with E-state index in [0.717, 1.165) is 30.4 Å². The number of aliphatic hydroxyl groups is 2. The van der Waals surface area contributed by atoms with Crippen molar-refractivity contribution in [2.75, 3.05) is 26.3 Å². The summed E-state index contributed by atoms with van der Waals surface area (Å²) in [6, 6.07) is 3.60. The number of amides is 1. The van der Waals surface area contributed by atoms with Crippen LogP contribution < -0.4 is 15.4 Å². The maximum absolute atomic E-state index is 14.6. The minimum Gasteiger partial charge on any atom is -0.504 e. The summed E-state index contributed by atoms with van der Waals surface area (Å²) in [6.07, 6.45) is 7.86. The molecule has 0 radical (unpaired) electrons. The summed E-state index contributed by atoms with van der Waals surface area (Å²) in [6.45, 7) is 5.02. The van der Waals surface area contributed by atoms with E-state index in [0.29, 0.717) is 102 Å². The van der Waals surface area contributed by atoms with Crippen LogP contribution in [0.4, 0.5) is 0 Å². The van der Waals surface area contributed by atoms with E-state index >= 15 is 0 Å². The number of hydrogen-bond donors (Lipinski definition) is 5. The van der Waals surface area contributed by atoms with E-state index in [4.69, 9.17) is 14.2 Å². The third-order valence-electron chi connectivity index (χ3n) is 11.4. The van der Waals surface area contributed by atoms with Gasteiger partial charge < -0.3 is 40.2 Å². The summed E-state index contributed by atoms with van der Waals surface area (Å²) < 4.78 is 18.7. The zero-order chi connectivity index (χ0) is 34.3. The first-order valence-corrected chi connectivity index (χ1v) is 18.2. The van der Waals surface area contributed by atoms with Crippen LogP contribution >= 0.6 is 0 Å². The van der Waals surface area contributed by atoms with Crippen molar-refractivity contribution in [2.45, 2.75) is 134 Å². The second kappa shape index (κ2) is 16.2. The molecule has 1 aliphatic carbocycles. The lowest BCUT2D eigenvalue weighted by Crippen LogP contribution is -2.65. The number of aliphatic hydroxyl groups excluding tert-OH is 2. The molecule has 11 nitrogen and oxygen atoms in total. The van der Waals surface area contributed by atoms with E-state index in [-0.39, 0.29) is 30.1 Å². The highest BCUT2D eigenvalue weighted by Crippen LogP contribution is 2.47. The van der Waals surface area contributed by atoms with Crippen molar-refractivity contribution in [2.24, 2.45) is 17.3 Å². The minimum absolute atomic E-state index is 0.0149. The molecule has 3 aliphatic heterocycles. The van der Waals surface area contributed by atoms with Gasteiger partial charge in [0, 0.05) is 37.4 Å². The highest BCUT2D eigenvalue weighted by Gasteiger charge is 2.54. The highest BCUT2D eigenvalue weighted by atomic mass is 16.6. The third-order valence-corrected chi connectivity index (χ3v) is 11.4. The van der Waals surface area contributed by atoms with E-state index in [9.17, 15) is 29.7 Å². The van der Waals surface area contributed by atoms with Gasteiger partial charge in [0.1, 0.15) is 17.7 Å². The number of esters is 2. The van der Waals surface area contributed by atoms with Gasteiger partial charge in [-0.05, 0) is 114 Å². The largest absolute Gasteiger partial charge is 0.504 e. The fraction of sp³-hybridized carbons (Fsp3) is 0.757. The molecule has 0 bridgehead atoms. The van der Waals surface area contributed by atoms with Gasteiger partial charge in [-0.25, -0.2) is 4.79 Å². The lowest BCUT2D eigenvalue weighted by Gasteiger charge is -2.49. The molecule has 1 saturated carbocycles. The topological polar surface area (TPSA) is 164 Å². The van der Waals surface area contributed by atoms with Crippen molar-refractivity contribution in [1.82, 2.24) is 10.6 Å². The van der Waals surface area contributed by atoms with Gasteiger partial charge >= 0.3 is 11.9 Å². The highest BCUT2D eigenvalue weighted by molar-refractivity contribution is 5.90. The number of benzene rings is 1. The minimum atomic E-state index is -1.06. The Labute approximate surface area is 284 Å². The van der Waals surface area contributed by atoms with Crippen LogP contribution in [-0.4, -0.2) is 83.3 Å².